The minimum absolute atomic E-state index is 0.0203. The predicted molar refractivity (Wildman–Crippen MR) is 136 cm³/mol. The van der Waals surface area contributed by atoms with E-state index in [1.807, 2.05) is 0 Å². The molecule has 13 heteroatoms. The third-order valence-corrected chi connectivity index (χ3v) is 6.15. The zero-order chi connectivity index (χ0) is 27.6. The number of fused-ring (bicyclic) bond motifs is 1. The molecule has 0 saturated heterocycles. The molecular weight excluding hydrogens is 538 g/mol. The molecule has 0 amide bonds. The van der Waals surface area contributed by atoms with Crippen LogP contribution in [0.4, 0.5) is 22.0 Å². The number of benzene rings is 2. The number of ether oxygens (including phenoxy) is 1. The van der Waals surface area contributed by atoms with E-state index in [1.54, 1.807) is 12.3 Å². The van der Waals surface area contributed by atoms with Crippen molar-refractivity contribution in [3.8, 4) is 39.8 Å². The molecule has 0 aliphatic carbocycles. The molecule has 0 fully saturated rings. The van der Waals surface area contributed by atoms with Crippen LogP contribution in [0, 0.1) is 11.6 Å². The van der Waals surface area contributed by atoms with E-state index in [4.69, 9.17) is 4.74 Å². The summed E-state index contributed by atoms with van der Waals surface area (Å²) in [5.41, 5.74) is 0.204. The summed E-state index contributed by atoms with van der Waals surface area (Å²) < 4.78 is 76.0. The minimum atomic E-state index is -4.61. The molecule has 2 aliphatic heterocycles. The molecule has 7 nitrogen and oxygen atoms in total. The maximum atomic E-state index is 14.2. The molecule has 0 bridgehead atoms. The number of halogens is 5. The summed E-state index contributed by atoms with van der Waals surface area (Å²) in [7, 11) is 2.54. The number of hydrogen-bond acceptors (Lipinski definition) is 6. The summed E-state index contributed by atoms with van der Waals surface area (Å²) in [6, 6.07) is 10.5. The van der Waals surface area contributed by atoms with Crippen molar-refractivity contribution < 1.29 is 26.7 Å². The summed E-state index contributed by atoms with van der Waals surface area (Å²) in [6.45, 7) is 0.444. The summed E-state index contributed by atoms with van der Waals surface area (Å²) in [4.78, 5) is 8.48. The van der Waals surface area contributed by atoms with E-state index >= 15 is 0 Å². The molecule has 3 heterocycles. The zero-order valence-electron chi connectivity index (χ0n) is 20.2. The van der Waals surface area contributed by atoms with Crippen LogP contribution in [0.15, 0.2) is 60.9 Å². The molecule has 0 saturated carbocycles. The Morgan fingerprint density at radius 2 is 1.72 bits per heavy atom. The number of imidazole rings is 1. The van der Waals surface area contributed by atoms with Crippen LogP contribution in [0.1, 0.15) is 17.7 Å². The van der Waals surface area contributed by atoms with Crippen LogP contribution in [0.3, 0.4) is 0 Å². The lowest BCUT2D eigenvalue weighted by atomic mass is 10.0. The number of alkyl halides is 3. The molecular formula is C26H20F5N6OP. The number of aromatic nitrogens is 6. The van der Waals surface area contributed by atoms with Gasteiger partial charge in [-0.2, -0.15) is 28.5 Å². The first kappa shape index (κ1) is 26.6. The van der Waals surface area contributed by atoms with Crippen LogP contribution in [0.5, 0.6) is 5.75 Å². The lowest BCUT2D eigenvalue weighted by Crippen LogP contribution is -2.10. The monoisotopic (exact) mass is 558 g/mol. The smallest absolute Gasteiger partial charge is 0.417 e. The second kappa shape index (κ2) is 11.0. The van der Waals surface area contributed by atoms with Crippen LogP contribution in [0.25, 0.3) is 34.0 Å². The van der Waals surface area contributed by atoms with Crippen molar-refractivity contribution in [3.63, 3.8) is 0 Å². The molecule has 5 rings (SSSR count). The van der Waals surface area contributed by atoms with Gasteiger partial charge in [-0.05, 0) is 55.0 Å². The van der Waals surface area contributed by atoms with Crippen LogP contribution in [0.2, 0.25) is 0 Å². The van der Waals surface area contributed by atoms with Crippen molar-refractivity contribution in [2.45, 2.75) is 19.1 Å². The first-order valence-corrected chi connectivity index (χ1v) is 12.6. The van der Waals surface area contributed by atoms with E-state index in [0.717, 1.165) is 18.3 Å². The third kappa shape index (κ3) is 5.85. The van der Waals surface area contributed by atoms with Crippen LogP contribution in [-0.2, 0) is 12.7 Å². The normalized spacial score (nSPS) is 11.7. The molecule has 1 unspecified atom stereocenters. The minimum Gasteiger partial charge on any atom is -0.494 e. The van der Waals surface area contributed by atoms with Gasteiger partial charge in [-0.15, -0.1) is 9.24 Å². The molecule has 0 N–H and O–H groups in total. The summed E-state index contributed by atoms with van der Waals surface area (Å²) >= 11 is 0. The van der Waals surface area contributed by atoms with E-state index in [9.17, 15) is 22.0 Å². The van der Waals surface area contributed by atoms with E-state index in [2.05, 4.69) is 34.5 Å². The largest absolute Gasteiger partial charge is 0.494 e. The Kier molecular flexibility index (Phi) is 7.47. The highest BCUT2D eigenvalue weighted by Crippen LogP contribution is 2.38. The van der Waals surface area contributed by atoms with Gasteiger partial charge in [-0.25, -0.2) is 18.7 Å². The van der Waals surface area contributed by atoms with Gasteiger partial charge in [-0.1, -0.05) is 6.07 Å². The molecule has 0 spiro atoms. The van der Waals surface area contributed by atoms with Gasteiger partial charge in [-0.3, -0.25) is 4.68 Å². The fraction of sp³-hybridized carbons (Fsp3) is 0.192. The first-order valence-electron chi connectivity index (χ1n) is 11.7. The van der Waals surface area contributed by atoms with Crippen molar-refractivity contribution in [3.05, 3.63) is 83.8 Å². The molecule has 1 aromatic heterocycles. The van der Waals surface area contributed by atoms with Gasteiger partial charge in [0.15, 0.2) is 17.5 Å². The second-order valence-corrected chi connectivity index (χ2v) is 9.07. The Balaban J connectivity index is 1.37. The number of rotatable bonds is 8. The van der Waals surface area contributed by atoms with Crippen molar-refractivity contribution >= 4 is 9.24 Å². The average molecular weight is 558 g/mol. The quantitative estimate of drug-likeness (QED) is 0.134. The highest BCUT2D eigenvalue weighted by Gasteiger charge is 2.34. The Morgan fingerprint density at radius 3 is 2.46 bits per heavy atom. The maximum absolute atomic E-state index is 14.2. The number of nitrogens with zero attached hydrogens (tertiary/aromatic N) is 6. The van der Waals surface area contributed by atoms with Crippen molar-refractivity contribution in [1.29, 1.82) is 0 Å². The van der Waals surface area contributed by atoms with E-state index < -0.39 is 23.4 Å². The van der Waals surface area contributed by atoms with E-state index in [1.165, 1.54) is 41.2 Å². The van der Waals surface area contributed by atoms with E-state index in [0.29, 0.717) is 30.1 Å². The molecule has 0 radical (unpaired) electrons. The zero-order valence-corrected chi connectivity index (χ0v) is 21.3. The highest BCUT2D eigenvalue weighted by atomic mass is 31.0. The van der Waals surface area contributed by atoms with Crippen molar-refractivity contribution in [2.24, 2.45) is 0 Å². The summed E-state index contributed by atoms with van der Waals surface area (Å²) in [5.74, 6) is -1.90. The Bertz CT molecular complexity index is 1570. The average Bonchev–Trinajstić information content (AvgIpc) is 3.33. The van der Waals surface area contributed by atoms with Gasteiger partial charge in [0.05, 0.1) is 48.1 Å². The van der Waals surface area contributed by atoms with Crippen molar-refractivity contribution in [2.75, 3.05) is 12.8 Å². The maximum Gasteiger partial charge on any atom is 0.417 e. The number of hydrogen-bond donors (Lipinski definition) is 0. The van der Waals surface area contributed by atoms with Gasteiger partial charge in [0.2, 0.25) is 0 Å². The summed E-state index contributed by atoms with van der Waals surface area (Å²) in [5, 5.41) is 12.3. The Morgan fingerprint density at radius 1 is 0.897 bits per heavy atom. The standard InChI is InChI=1S/C26H20F5N6OP/c27-20-4-1-3-18(24(20)28)25-33-22-12-32-37(14-23(22)34-25)13-15-5-8-21(36-35-15)17-7-6-16(38-9-2-10-39)11-19(17)26(29,30)31/h1,3-8,11-12,14H,2,9-10,13,39H2. The fourth-order valence-corrected chi connectivity index (χ4v) is 4.01. The highest BCUT2D eigenvalue weighted by molar-refractivity contribution is 7.16. The predicted octanol–water partition coefficient (Wildman–Crippen LogP) is 5.89. The van der Waals surface area contributed by atoms with E-state index in [-0.39, 0.29) is 34.9 Å². The summed E-state index contributed by atoms with van der Waals surface area (Å²) in [6.07, 6.45) is -0.159. The van der Waals surface area contributed by atoms with Crippen LogP contribution in [-0.4, -0.2) is 42.7 Å². The molecule has 39 heavy (non-hydrogen) atoms. The van der Waals surface area contributed by atoms with Gasteiger partial charge in [0.1, 0.15) is 17.1 Å². The lowest BCUT2D eigenvalue weighted by Gasteiger charge is -2.15. The van der Waals surface area contributed by atoms with Crippen LogP contribution >= 0.6 is 9.24 Å². The van der Waals surface area contributed by atoms with Gasteiger partial charge >= 0.3 is 6.18 Å². The second-order valence-electron chi connectivity index (χ2n) is 8.50. The Labute approximate surface area is 221 Å². The Hall–Kier alpha value is -4.05. The molecule has 2 aromatic carbocycles. The molecule has 3 aromatic rings. The fourth-order valence-electron chi connectivity index (χ4n) is 3.84. The SMILES string of the molecule is Fc1cccc(-c2nc3cnn(Cc4ccc(-c5ccc(OCCCP)cc5C(F)(F)F)nn4)cc-3n2)c1F. The van der Waals surface area contributed by atoms with Gasteiger partial charge < -0.3 is 4.74 Å². The third-order valence-electron chi connectivity index (χ3n) is 5.74. The lowest BCUT2D eigenvalue weighted by molar-refractivity contribution is -0.137. The molecule has 2 aliphatic rings. The van der Waals surface area contributed by atoms with Gasteiger partial charge in [0, 0.05) is 5.56 Å². The molecule has 1 atom stereocenters. The molecule has 200 valence electrons. The van der Waals surface area contributed by atoms with Crippen molar-refractivity contribution in [1.82, 2.24) is 29.9 Å². The topological polar surface area (TPSA) is 78.6 Å². The van der Waals surface area contributed by atoms with Gasteiger partial charge in [0.25, 0.3) is 0 Å². The first-order chi connectivity index (χ1) is 18.7. The van der Waals surface area contributed by atoms with Crippen LogP contribution < -0.4 is 4.74 Å².